The normalized spacial score (nSPS) is 13.4. The maximum absolute atomic E-state index is 12.7. The fourth-order valence-electron chi connectivity index (χ4n) is 1.57. The molecule has 0 aliphatic rings. The van der Waals surface area contributed by atoms with Crippen molar-refractivity contribution in [1.82, 2.24) is 4.98 Å². The number of anilines is 1. The maximum Gasteiger partial charge on any atom is 0.419 e. The molecule has 0 aliphatic carbocycles. The molecule has 0 aromatic carbocycles. The van der Waals surface area contributed by atoms with Gasteiger partial charge in [-0.2, -0.15) is 13.2 Å². The number of alkyl halides is 3. The standard InChI is InChI=1S/C11H15F3N2O2/c1-16(6-8(17)7-18-2)10-9(11(12,13)14)4-3-5-15-10/h3-5,8,17H,6-7H2,1-2H3. The number of hydrogen-bond acceptors (Lipinski definition) is 4. The number of pyridine rings is 1. The molecule has 102 valence electrons. The summed E-state index contributed by atoms with van der Waals surface area (Å²) in [6.07, 6.45) is -4.06. The van der Waals surface area contributed by atoms with Gasteiger partial charge in [0.2, 0.25) is 0 Å². The Morgan fingerprint density at radius 3 is 2.72 bits per heavy atom. The van der Waals surface area contributed by atoms with Crippen LogP contribution < -0.4 is 4.90 Å². The van der Waals surface area contributed by atoms with Crippen LogP contribution in [0.2, 0.25) is 0 Å². The molecule has 0 saturated heterocycles. The summed E-state index contributed by atoms with van der Waals surface area (Å²) in [5.41, 5.74) is -0.822. The summed E-state index contributed by atoms with van der Waals surface area (Å²) in [5, 5.41) is 9.50. The largest absolute Gasteiger partial charge is 0.419 e. The molecule has 1 aromatic heterocycles. The van der Waals surface area contributed by atoms with Crippen LogP contribution in [0.4, 0.5) is 19.0 Å². The van der Waals surface area contributed by atoms with Gasteiger partial charge in [0.25, 0.3) is 0 Å². The van der Waals surface area contributed by atoms with E-state index in [0.717, 1.165) is 6.07 Å². The molecule has 0 aliphatic heterocycles. The molecule has 1 heterocycles. The molecular formula is C11H15F3N2O2. The fraction of sp³-hybridized carbons (Fsp3) is 0.545. The van der Waals surface area contributed by atoms with Crippen LogP contribution in [0.25, 0.3) is 0 Å². The summed E-state index contributed by atoms with van der Waals surface area (Å²) in [5.74, 6) is -0.208. The Morgan fingerprint density at radius 1 is 1.50 bits per heavy atom. The summed E-state index contributed by atoms with van der Waals surface area (Å²) in [6, 6.07) is 2.19. The van der Waals surface area contributed by atoms with Gasteiger partial charge in [0.1, 0.15) is 5.82 Å². The lowest BCUT2D eigenvalue weighted by atomic mass is 10.2. The monoisotopic (exact) mass is 264 g/mol. The predicted molar refractivity (Wildman–Crippen MR) is 60.4 cm³/mol. The van der Waals surface area contributed by atoms with Gasteiger partial charge in [-0.15, -0.1) is 0 Å². The van der Waals surface area contributed by atoms with Crippen LogP contribution in [-0.4, -0.2) is 43.5 Å². The highest BCUT2D eigenvalue weighted by Crippen LogP contribution is 2.34. The summed E-state index contributed by atoms with van der Waals surface area (Å²) in [7, 11) is 2.85. The van der Waals surface area contributed by atoms with Crippen molar-refractivity contribution in [2.24, 2.45) is 0 Å². The van der Waals surface area contributed by atoms with E-state index in [4.69, 9.17) is 4.74 Å². The van der Waals surface area contributed by atoms with E-state index in [1.165, 1.54) is 31.3 Å². The Kier molecular flexibility index (Phi) is 4.92. The molecule has 1 N–H and O–H groups in total. The third kappa shape index (κ3) is 3.85. The van der Waals surface area contributed by atoms with Crippen molar-refractivity contribution in [3.8, 4) is 0 Å². The topological polar surface area (TPSA) is 45.6 Å². The van der Waals surface area contributed by atoms with Crippen LogP contribution in [0, 0.1) is 0 Å². The number of halogens is 3. The quantitative estimate of drug-likeness (QED) is 0.876. The molecule has 0 bridgehead atoms. The minimum absolute atomic E-state index is 0.00787. The van der Waals surface area contributed by atoms with Crippen LogP contribution in [-0.2, 0) is 10.9 Å². The highest BCUT2D eigenvalue weighted by atomic mass is 19.4. The second kappa shape index (κ2) is 6.01. The van der Waals surface area contributed by atoms with Crippen LogP contribution >= 0.6 is 0 Å². The summed E-state index contributed by atoms with van der Waals surface area (Å²) in [6.45, 7) is 0.0620. The zero-order chi connectivity index (χ0) is 13.8. The van der Waals surface area contributed by atoms with Gasteiger partial charge in [0.05, 0.1) is 18.3 Å². The lowest BCUT2D eigenvalue weighted by Gasteiger charge is -2.24. The van der Waals surface area contributed by atoms with E-state index in [9.17, 15) is 18.3 Å². The number of ether oxygens (including phenoxy) is 1. The van der Waals surface area contributed by atoms with Crippen LogP contribution in [0.3, 0.4) is 0 Å². The lowest BCUT2D eigenvalue weighted by molar-refractivity contribution is -0.137. The number of rotatable bonds is 5. The predicted octanol–water partition coefficient (Wildman–Crippen LogP) is 1.54. The first kappa shape index (κ1) is 14.7. The number of aliphatic hydroxyl groups excluding tert-OH is 1. The van der Waals surface area contributed by atoms with E-state index in [1.807, 2.05) is 0 Å². The third-order valence-electron chi connectivity index (χ3n) is 2.30. The first-order valence-corrected chi connectivity index (χ1v) is 5.26. The SMILES string of the molecule is COCC(O)CN(C)c1ncccc1C(F)(F)F. The van der Waals surface area contributed by atoms with Crippen LogP contribution in [0.15, 0.2) is 18.3 Å². The summed E-state index contributed by atoms with van der Waals surface area (Å²) < 4.78 is 42.9. The molecule has 0 saturated carbocycles. The van der Waals surface area contributed by atoms with E-state index in [2.05, 4.69) is 4.98 Å². The average molecular weight is 264 g/mol. The van der Waals surface area contributed by atoms with Gasteiger partial charge >= 0.3 is 6.18 Å². The first-order valence-electron chi connectivity index (χ1n) is 5.26. The minimum atomic E-state index is -4.47. The number of aromatic nitrogens is 1. The smallest absolute Gasteiger partial charge is 0.389 e. The number of hydrogen-bond donors (Lipinski definition) is 1. The molecule has 1 unspecified atom stereocenters. The van der Waals surface area contributed by atoms with E-state index in [0.29, 0.717) is 0 Å². The lowest BCUT2D eigenvalue weighted by Crippen LogP contribution is -2.33. The van der Waals surface area contributed by atoms with Gasteiger partial charge in [-0.1, -0.05) is 0 Å². The molecule has 0 fully saturated rings. The van der Waals surface area contributed by atoms with Crippen molar-refractivity contribution < 1.29 is 23.0 Å². The van der Waals surface area contributed by atoms with Crippen LogP contribution in [0.5, 0.6) is 0 Å². The Labute approximate surface area is 103 Å². The van der Waals surface area contributed by atoms with Crippen molar-refractivity contribution >= 4 is 5.82 Å². The number of nitrogens with zero attached hydrogens (tertiary/aromatic N) is 2. The van der Waals surface area contributed by atoms with E-state index in [1.54, 1.807) is 0 Å². The average Bonchev–Trinajstić information content (AvgIpc) is 2.28. The Morgan fingerprint density at radius 2 is 2.17 bits per heavy atom. The number of likely N-dealkylation sites (N-methyl/N-ethyl adjacent to an activating group) is 1. The zero-order valence-corrected chi connectivity index (χ0v) is 10.1. The molecule has 1 aromatic rings. The number of aliphatic hydroxyl groups is 1. The molecule has 7 heteroatoms. The van der Waals surface area contributed by atoms with E-state index < -0.39 is 17.8 Å². The molecular weight excluding hydrogens is 249 g/mol. The third-order valence-corrected chi connectivity index (χ3v) is 2.30. The van der Waals surface area contributed by atoms with Gasteiger partial charge in [-0.05, 0) is 12.1 Å². The fourth-order valence-corrected chi connectivity index (χ4v) is 1.57. The second-order valence-electron chi connectivity index (χ2n) is 3.86. The molecule has 1 atom stereocenters. The first-order chi connectivity index (χ1) is 8.36. The van der Waals surface area contributed by atoms with E-state index in [-0.39, 0.29) is 19.0 Å². The van der Waals surface area contributed by atoms with E-state index >= 15 is 0 Å². The Balaban J connectivity index is 2.89. The summed E-state index contributed by atoms with van der Waals surface area (Å²) in [4.78, 5) is 4.97. The van der Waals surface area contributed by atoms with Gasteiger partial charge in [0, 0.05) is 26.9 Å². The molecule has 4 nitrogen and oxygen atoms in total. The maximum atomic E-state index is 12.7. The van der Waals surface area contributed by atoms with Gasteiger partial charge in [-0.3, -0.25) is 0 Å². The van der Waals surface area contributed by atoms with Crippen molar-refractivity contribution in [1.29, 1.82) is 0 Å². The molecule has 0 radical (unpaired) electrons. The second-order valence-corrected chi connectivity index (χ2v) is 3.86. The molecule has 18 heavy (non-hydrogen) atoms. The highest BCUT2D eigenvalue weighted by molar-refractivity contribution is 5.47. The molecule has 0 amide bonds. The zero-order valence-electron chi connectivity index (χ0n) is 10.1. The van der Waals surface area contributed by atoms with Crippen molar-refractivity contribution in [3.63, 3.8) is 0 Å². The molecule has 1 rings (SSSR count). The highest BCUT2D eigenvalue weighted by Gasteiger charge is 2.35. The van der Waals surface area contributed by atoms with Crippen LogP contribution in [0.1, 0.15) is 5.56 Å². The van der Waals surface area contributed by atoms with Crippen molar-refractivity contribution in [2.75, 3.05) is 32.2 Å². The van der Waals surface area contributed by atoms with Gasteiger partial charge < -0.3 is 14.7 Å². The van der Waals surface area contributed by atoms with Gasteiger partial charge in [0.15, 0.2) is 0 Å². The molecule has 0 spiro atoms. The van der Waals surface area contributed by atoms with Crippen molar-refractivity contribution in [2.45, 2.75) is 12.3 Å². The number of methoxy groups -OCH3 is 1. The Bertz CT molecular complexity index is 385. The van der Waals surface area contributed by atoms with Gasteiger partial charge in [-0.25, -0.2) is 4.98 Å². The minimum Gasteiger partial charge on any atom is -0.389 e. The Hall–Kier alpha value is -1.34. The summed E-state index contributed by atoms with van der Waals surface area (Å²) >= 11 is 0. The van der Waals surface area contributed by atoms with Crippen molar-refractivity contribution in [3.05, 3.63) is 23.9 Å².